The van der Waals surface area contributed by atoms with Crippen molar-refractivity contribution in [3.05, 3.63) is 42.2 Å². The van der Waals surface area contributed by atoms with Crippen LogP contribution in [0.2, 0.25) is 0 Å². The molecule has 1 aromatic heterocycles. The lowest BCUT2D eigenvalue weighted by molar-refractivity contribution is -0.0753. The molecule has 2 N–H and O–H groups in total. The van der Waals surface area contributed by atoms with E-state index in [1.807, 2.05) is 12.4 Å². The number of fused-ring (bicyclic) bond motifs is 6. The quantitative estimate of drug-likeness (QED) is 0.664. The summed E-state index contributed by atoms with van der Waals surface area (Å²) in [6, 6.07) is 8.69. The number of aliphatic hydroxyl groups is 2. The molecule has 30 heavy (non-hydrogen) atoms. The number of hydrogen-bond acceptors (Lipinski definition) is 3. The van der Waals surface area contributed by atoms with E-state index in [1.165, 1.54) is 23.9 Å². The maximum Gasteiger partial charge on any atom is 0.0961 e. The standard InChI is InChI=1S/C26H34N2O2/c1-25-11-9-17(29)13-16(25)7-8-18-19(25)10-12-26(2)23(14-22(30)24(18)26)28-15-27-20-5-3-4-6-21(20)28/h3-7,15,17-19,22-24,29-30H,8-14H2,1-2H3. The molecular formula is C26H34N2O2. The minimum atomic E-state index is -0.248. The van der Waals surface area contributed by atoms with Gasteiger partial charge in [-0.05, 0) is 85.7 Å². The predicted octanol–water partition coefficient (Wildman–Crippen LogP) is 4.87. The molecule has 0 bridgehead atoms. The average Bonchev–Trinajstić information content (AvgIpc) is 3.26. The zero-order valence-electron chi connectivity index (χ0n) is 18.2. The Bertz CT molecular complexity index is 1010. The van der Waals surface area contributed by atoms with Crippen molar-refractivity contribution >= 4 is 11.0 Å². The topological polar surface area (TPSA) is 58.3 Å². The normalized spacial score (nSPS) is 45.5. The molecule has 4 aliphatic carbocycles. The smallest absolute Gasteiger partial charge is 0.0961 e. The minimum Gasteiger partial charge on any atom is -0.393 e. The number of nitrogens with zero attached hydrogens (tertiary/aromatic N) is 2. The first-order valence-electron chi connectivity index (χ1n) is 11.9. The third-order valence-electron chi connectivity index (χ3n) is 9.83. The highest BCUT2D eigenvalue weighted by atomic mass is 16.3. The number of aromatic nitrogens is 2. The van der Waals surface area contributed by atoms with E-state index >= 15 is 0 Å². The van der Waals surface area contributed by atoms with Gasteiger partial charge < -0.3 is 14.8 Å². The molecule has 0 saturated heterocycles. The Balaban J connectivity index is 1.39. The predicted molar refractivity (Wildman–Crippen MR) is 118 cm³/mol. The van der Waals surface area contributed by atoms with E-state index in [4.69, 9.17) is 0 Å². The van der Waals surface area contributed by atoms with Gasteiger partial charge in [0.2, 0.25) is 0 Å². The summed E-state index contributed by atoms with van der Waals surface area (Å²) < 4.78 is 2.36. The van der Waals surface area contributed by atoms with Gasteiger partial charge in [0.1, 0.15) is 0 Å². The molecule has 4 heteroatoms. The van der Waals surface area contributed by atoms with Crippen LogP contribution in [0, 0.1) is 28.6 Å². The van der Waals surface area contributed by atoms with Gasteiger partial charge in [-0.15, -0.1) is 0 Å². The number of allylic oxidation sites excluding steroid dienone is 1. The Morgan fingerprint density at radius 2 is 1.93 bits per heavy atom. The molecule has 160 valence electrons. The Morgan fingerprint density at radius 1 is 1.10 bits per heavy atom. The lowest BCUT2D eigenvalue weighted by Gasteiger charge is -2.58. The van der Waals surface area contributed by atoms with Crippen LogP contribution in [-0.2, 0) is 0 Å². The fourth-order valence-corrected chi connectivity index (χ4v) is 8.34. The number of rotatable bonds is 1. The molecule has 6 rings (SSSR count). The first-order chi connectivity index (χ1) is 14.4. The van der Waals surface area contributed by atoms with Crippen LogP contribution in [0.3, 0.4) is 0 Å². The molecule has 8 unspecified atom stereocenters. The molecule has 0 spiro atoms. The molecule has 4 nitrogen and oxygen atoms in total. The number of hydrogen-bond donors (Lipinski definition) is 2. The first kappa shape index (κ1) is 19.1. The third kappa shape index (κ3) is 2.44. The van der Waals surface area contributed by atoms with Crippen molar-refractivity contribution in [1.82, 2.24) is 9.55 Å². The SMILES string of the molecule is CC12CCC(O)CC1=CCC1C2CCC2(C)C1C(O)CC2n1cnc2ccccc21. The lowest BCUT2D eigenvalue weighted by atomic mass is 9.47. The van der Waals surface area contributed by atoms with E-state index < -0.39 is 0 Å². The molecule has 4 aliphatic rings. The fourth-order valence-electron chi connectivity index (χ4n) is 8.34. The third-order valence-corrected chi connectivity index (χ3v) is 9.83. The maximum atomic E-state index is 11.4. The monoisotopic (exact) mass is 406 g/mol. The van der Waals surface area contributed by atoms with E-state index in [2.05, 4.69) is 47.7 Å². The summed E-state index contributed by atoms with van der Waals surface area (Å²) in [7, 11) is 0. The second-order valence-electron chi connectivity index (χ2n) is 11.1. The summed E-state index contributed by atoms with van der Waals surface area (Å²) in [6.45, 7) is 4.89. The minimum absolute atomic E-state index is 0.0972. The largest absolute Gasteiger partial charge is 0.393 e. The van der Waals surface area contributed by atoms with Crippen molar-refractivity contribution in [2.75, 3.05) is 0 Å². The van der Waals surface area contributed by atoms with Crippen LogP contribution in [0.4, 0.5) is 0 Å². The second kappa shape index (κ2) is 6.43. The first-order valence-corrected chi connectivity index (χ1v) is 11.9. The summed E-state index contributed by atoms with van der Waals surface area (Å²) in [5.74, 6) is 1.52. The molecule has 0 amide bonds. The summed E-state index contributed by atoms with van der Waals surface area (Å²) >= 11 is 0. The van der Waals surface area contributed by atoms with Crippen LogP contribution in [-0.4, -0.2) is 32.0 Å². The Hall–Kier alpha value is -1.65. The van der Waals surface area contributed by atoms with Crippen LogP contribution in [0.15, 0.2) is 42.2 Å². The van der Waals surface area contributed by atoms with Crippen LogP contribution in [0.1, 0.15) is 64.8 Å². The zero-order chi connectivity index (χ0) is 20.7. The number of imidazole rings is 1. The van der Waals surface area contributed by atoms with Crippen molar-refractivity contribution in [3.63, 3.8) is 0 Å². The fraction of sp³-hybridized carbons (Fsp3) is 0.654. The molecule has 2 aromatic rings. The Labute approximate surface area is 179 Å². The lowest BCUT2D eigenvalue weighted by Crippen LogP contribution is -2.52. The number of aliphatic hydroxyl groups excluding tert-OH is 2. The van der Waals surface area contributed by atoms with E-state index in [-0.39, 0.29) is 23.0 Å². The average molecular weight is 407 g/mol. The number of para-hydroxylation sites is 2. The second-order valence-corrected chi connectivity index (χ2v) is 11.1. The molecule has 1 heterocycles. The van der Waals surface area contributed by atoms with Gasteiger partial charge in [0.05, 0.1) is 29.6 Å². The highest BCUT2D eigenvalue weighted by Gasteiger charge is 2.62. The molecular weight excluding hydrogens is 372 g/mol. The maximum absolute atomic E-state index is 11.4. The van der Waals surface area contributed by atoms with Crippen molar-refractivity contribution in [3.8, 4) is 0 Å². The molecule has 0 radical (unpaired) electrons. The van der Waals surface area contributed by atoms with Crippen molar-refractivity contribution in [2.45, 2.75) is 77.0 Å². The summed E-state index contributed by atoms with van der Waals surface area (Å²) in [5, 5.41) is 21.6. The molecule has 3 saturated carbocycles. The summed E-state index contributed by atoms with van der Waals surface area (Å²) in [5.41, 5.74) is 4.04. The van der Waals surface area contributed by atoms with Crippen molar-refractivity contribution in [1.29, 1.82) is 0 Å². The van der Waals surface area contributed by atoms with Gasteiger partial charge in [-0.25, -0.2) is 4.98 Å². The molecule has 0 aliphatic heterocycles. The van der Waals surface area contributed by atoms with Crippen molar-refractivity contribution in [2.24, 2.45) is 28.6 Å². The van der Waals surface area contributed by atoms with Gasteiger partial charge in [-0.3, -0.25) is 0 Å². The van der Waals surface area contributed by atoms with Gasteiger partial charge in [-0.2, -0.15) is 0 Å². The summed E-state index contributed by atoms with van der Waals surface area (Å²) in [4.78, 5) is 4.66. The highest BCUT2D eigenvalue weighted by molar-refractivity contribution is 5.75. The number of benzene rings is 1. The van der Waals surface area contributed by atoms with Crippen molar-refractivity contribution < 1.29 is 10.2 Å². The van der Waals surface area contributed by atoms with E-state index in [0.29, 0.717) is 23.8 Å². The van der Waals surface area contributed by atoms with Gasteiger partial charge in [0.25, 0.3) is 0 Å². The highest BCUT2D eigenvalue weighted by Crippen LogP contribution is 2.67. The molecule has 8 atom stereocenters. The van der Waals surface area contributed by atoms with Gasteiger partial charge in [0.15, 0.2) is 0 Å². The Kier molecular flexibility index (Phi) is 4.09. The van der Waals surface area contributed by atoms with Crippen LogP contribution in [0.25, 0.3) is 11.0 Å². The van der Waals surface area contributed by atoms with Gasteiger partial charge in [0, 0.05) is 6.04 Å². The zero-order valence-corrected chi connectivity index (χ0v) is 18.2. The Morgan fingerprint density at radius 3 is 2.80 bits per heavy atom. The van der Waals surface area contributed by atoms with Crippen LogP contribution < -0.4 is 0 Å². The summed E-state index contributed by atoms with van der Waals surface area (Å²) in [6.07, 6.45) is 11.2. The van der Waals surface area contributed by atoms with E-state index in [9.17, 15) is 10.2 Å². The van der Waals surface area contributed by atoms with E-state index in [0.717, 1.165) is 37.6 Å². The molecule has 3 fully saturated rings. The van der Waals surface area contributed by atoms with Crippen LogP contribution in [0.5, 0.6) is 0 Å². The van der Waals surface area contributed by atoms with E-state index in [1.54, 1.807) is 0 Å². The van der Waals surface area contributed by atoms with Gasteiger partial charge >= 0.3 is 0 Å². The van der Waals surface area contributed by atoms with Gasteiger partial charge in [-0.1, -0.05) is 37.6 Å². The van der Waals surface area contributed by atoms with Crippen LogP contribution >= 0.6 is 0 Å². The molecule has 1 aromatic carbocycles.